The summed E-state index contributed by atoms with van der Waals surface area (Å²) in [7, 11) is 0. The second-order valence-electron chi connectivity index (χ2n) is 6.95. The van der Waals surface area contributed by atoms with Gasteiger partial charge in [0.05, 0.1) is 11.2 Å². The number of piperazine rings is 1. The molecule has 1 aromatic carbocycles. The topological polar surface area (TPSA) is 45.2 Å². The molecule has 2 aromatic heterocycles. The third kappa shape index (κ3) is 2.75. The quantitative estimate of drug-likeness (QED) is 0.658. The Morgan fingerprint density at radius 3 is 2.81 bits per heavy atom. The molecule has 0 saturated carbocycles. The van der Waals surface area contributed by atoms with Crippen LogP contribution in [0.2, 0.25) is 0 Å². The molecule has 0 spiro atoms. The van der Waals surface area contributed by atoms with E-state index in [1.165, 1.54) is 6.07 Å². The van der Waals surface area contributed by atoms with Crippen molar-refractivity contribution >= 4 is 32.8 Å². The number of piperidine rings is 1. The molecule has 0 N–H and O–H groups in total. The molecule has 26 heavy (non-hydrogen) atoms. The Balaban J connectivity index is 1.33. The van der Waals surface area contributed by atoms with Crippen molar-refractivity contribution in [3.8, 4) is 0 Å². The van der Waals surface area contributed by atoms with Gasteiger partial charge in [-0.3, -0.25) is 9.88 Å². The number of aromatic nitrogens is 3. The number of benzene rings is 1. The number of nitrogens with zero attached hydrogens (tertiary/aromatic N) is 5. The van der Waals surface area contributed by atoms with Gasteiger partial charge in [0.1, 0.15) is 5.82 Å². The third-order valence-electron chi connectivity index (χ3n) is 5.24. The highest BCUT2D eigenvalue weighted by Crippen LogP contribution is 2.36. The van der Waals surface area contributed by atoms with Crippen molar-refractivity contribution in [3.63, 3.8) is 0 Å². The average molecular weight is 414 g/mol. The molecule has 2 atom stereocenters. The van der Waals surface area contributed by atoms with Gasteiger partial charge in [0.25, 0.3) is 0 Å². The maximum Gasteiger partial charge on any atom is 0.226 e. The Hall–Kier alpha value is -2.12. The second kappa shape index (κ2) is 6.25. The van der Waals surface area contributed by atoms with Gasteiger partial charge in [-0.2, -0.15) is 0 Å². The molecule has 2 unspecified atom stereocenters. The Morgan fingerprint density at radius 1 is 1.15 bits per heavy atom. The molecule has 3 aliphatic rings. The lowest BCUT2D eigenvalue weighted by molar-refractivity contribution is 0.104. The molecule has 7 heteroatoms. The van der Waals surface area contributed by atoms with E-state index in [1.807, 2.05) is 24.4 Å². The van der Waals surface area contributed by atoms with E-state index in [9.17, 15) is 4.39 Å². The average Bonchev–Trinajstić information content (AvgIpc) is 2.64. The summed E-state index contributed by atoms with van der Waals surface area (Å²) in [6, 6.07) is 9.90. The smallest absolute Gasteiger partial charge is 0.226 e. The van der Waals surface area contributed by atoms with Crippen LogP contribution in [0.5, 0.6) is 0 Å². The van der Waals surface area contributed by atoms with Crippen LogP contribution in [0, 0.1) is 5.82 Å². The minimum Gasteiger partial charge on any atom is -0.332 e. The van der Waals surface area contributed by atoms with Gasteiger partial charge in [0, 0.05) is 54.0 Å². The molecule has 2 bridgehead atoms. The summed E-state index contributed by atoms with van der Waals surface area (Å²) in [5.74, 6) is 0.567. The first-order valence-corrected chi connectivity index (χ1v) is 9.49. The zero-order valence-corrected chi connectivity index (χ0v) is 15.6. The Kier molecular flexibility index (Phi) is 3.86. The number of rotatable bonds is 3. The van der Waals surface area contributed by atoms with Crippen molar-refractivity contribution in [2.24, 2.45) is 0 Å². The van der Waals surface area contributed by atoms with Gasteiger partial charge in [0.15, 0.2) is 0 Å². The largest absolute Gasteiger partial charge is 0.332 e. The number of fused-ring (bicyclic) bond motifs is 3. The summed E-state index contributed by atoms with van der Waals surface area (Å²) >= 11 is 3.48. The molecule has 132 valence electrons. The van der Waals surface area contributed by atoms with Gasteiger partial charge >= 0.3 is 0 Å². The fourth-order valence-corrected chi connectivity index (χ4v) is 4.40. The maximum atomic E-state index is 13.8. The highest BCUT2D eigenvalue weighted by atomic mass is 79.9. The standard InChI is InChI=1S/C19H17BrFN5/c20-13-3-4-17-12(6-13)8-23-19(24-17)26-14-7-15(26)10-25(9-14)11-18-16(21)2-1-5-22-18/h1-6,8,14-15H,7,9-11H2. The molecule has 3 fully saturated rings. The predicted octanol–water partition coefficient (Wildman–Crippen LogP) is 3.39. The summed E-state index contributed by atoms with van der Waals surface area (Å²) in [6.45, 7) is 2.32. The Morgan fingerprint density at radius 2 is 2.00 bits per heavy atom. The van der Waals surface area contributed by atoms with Crippen molar-refractivity contribution in [1.29, 1.82) is 0 Å². The second-order valence-corrected chi connectivity index (χ2v) is 7.87. The third-order valence-corrected chi connectivity index (χ3v) is 5.73. The summed E-state index contributed by atoms with van der Waals surface area (Å²) in [6.07, 6.45) is 4.68. The van der Waals surface area contributed by atoms with E-state index in [2.05, 4.69) is 35.7 Å². The lowest BCUT2D eigenvalue weighted by atomic mass is 9.87. The summed E-state index contributed by atoms with van der Waals surface area (Å²) < 4.78 is 14.9. The minimum absolute atomic E-state index is 0.229. The van der Waals surface area contributed by atoms with Gasteiger partial charge < -0.3 is 4.90 Å². The lowest BCUT2D eigenvalue weighted by Crippen LogP contribution is -2.69. The molecule has 3 saturated heterocycles. The Labute approximate surface area is 159 Å². The van der Waals surface area contributed by atoms with Crippen LogP contribution in [-0.4, -0.2) is 45.0 Å². The zero-order valence-electron chi connectivity index (χ0n) is 14.0. The highest BCUT2D eigenvalue weighted by molar-refractivity contribution is 9.10. The van der Waals surface area contributed by atoms with Crippen LogP contribution in [0.4, 0.5) is 10.3 Å². The number of hydrogen-bond acceptors (Lipinski definition) is 5. The molecule has 0 amide bonds. The van der Waals surface area contributed by atoms with Crippen LogP contribution in [0.15, 0.2) is 47.2 Å². The molecule has 0 aliphatic carbocycles. The Bertz CT molecular complexity index is 969. The highest BCUT2D eigenvalue weighted by Gasteiger charge is 2.46. The van der Waals surface area contributed by atoms with E-state index in [4.69, 9.17) is 4.98 Å². The van der Waals surface area contributed by atoms with Crippen molar-refractivity contribution in [1.82, 2.24) is 19.9 Å². The van der Waals surface area contributed by atoms with Gasteiger partial charge in [0.2, 0.25) is 5.95 Å². The molecule has 5 nitrogen and oxygen atoms in total. The van der Waals surface area contributed by atoms with E-state index in [1.54, 1.807) is 12.3 Å². The predicted molar refractivity (Wildman–Crippen MR) is 101 cm³/mol. The fourth-order valence-electron chi connectivity index (χ4n) is 4.02. The number of halogens is 2. The zero-order chi connectivity index (χ0) is 17.7. The normalized spacial score (nSPS) is 22.5. The monoisotopic (exact) mass is 413 g/mol. The maximum absolute atomic E-state index is 13.8. The molecular formula is C19H17BrFN5. The lowest BCUT2D eigenvalue weighted by Gasteiger charge is -2.56. The SMILES string of the molecule is Fc1cccnc1CN1CC2CC(C1)N2c1ncc2cc(Br)ccc2n1. The summed E-state index contributed by atoms with van der Waals surface area (Å²) in [5, 5.41) is 1.03. The van der Waals surface area contributed by atoms with Crippen molar-refractivity contribution in [2.45, 2.75) is 25.0 Å². The molecule has 5 heterocycles. The van der Waals surface area contributed by atoms with Gasteiger partial charge in [-0.25, -0.2) is 14.4 Å². The van der Waals surface area contributed by atoms with Crippen molar-refractivity contribution < 1.29 is 4.39 Å². The molecule has 3 aromatic rings. The van der Waals surface area contributed by atoms with Gasteiger partial charge in [-0.05, 0) is 36.8 Å². The van der Waals surface area contributed by atoms with Crippen molar-refractivity contribution in [3.05, 3.63) is 58.7 Å². The van der Waals surface area contributed by atoms with Crippen molar-refractivity contribution in [2.75, 3.05) is 18.0 Å². The summed E-state index contributed by atoms with van der Waals surface area (Å²) in [4.78, 5) is 18.1. The first kappa shape index (κ1) is 16.1. The van der Waals surface area contributed by atoms with E-state index < -0.39 is 0 Å². The van der Waals surface area contributed by atoms with Gasteiger partial charge in [-0.1, -0.05) is 15.9 Å². The van der Waals surface area contributed by atoms with Crippen LogP contribution >= 0.6 is 15.9 Å². The summed E-state index contributed by atoms with van der Waals surface area (Å²) in [5.41, 5.74) is 1.48. The van der Waals surface area contributed by atoms with Crippen LogP contribution < -0.4 is 4.90 Å². The molecule has 3 aliphatic heterocycles. The fraction of sp³-hybridized carbons (Fsp3) is 0.316. The van der Waals surface area contributed by atoms with Crippen LogP contribution in [0.1, 0.15) is 12.1 Å². The van der Waals surface area contributed by atoms with Crippen LogP contribution in [0.25, 0.3) is 10.9 Å². The van der Waals surface area contributed by atoms with E-state index >= 15 is 0 Å². The van der Waals surface area contributed by atoms with Gasteiger partial charge in [-0.15, -0.1) is 0 Å². The van der Waals surface area contributed by atoms with E-state index in [0.29, 0.717) is 24.3 Å². The molecular weight excluding hydrogens is 397 g/mol. The number of pyridine rings is 1. The molecule has 6 rings (SSSR count). The molecule has 0 radical (unpaired) electrons. The number of hydrogen-bond donors (Lipinski definition) is 0. The van der Waals surface area contributed by atoms with Crippen LogP contribution in [-0.2, 0) is 6.54 Å². The number of anilines is 1. The van der Waals surface area contributed by atoms with E-state index in [0.717, 1.165) is 40.8 Å². The first-order chi connectivity index (χ1) is 12.7. The van der Waals surface area contributed by atoms with E-state index in [-0.39, 0.29) is 5.82 Å². The van der Waals surface area contributed by atoms with Crippen LogP contribution in [0.3, 0.4) is 0 Å². The first-order valence-electron chi connectivity index (χ1n) is 8.70. The minimum atomic E-state index is -0.229.